The Morgan fingerprint density at radius 2 is 2.15 bits per heavy atom. The van der Waals surface area contributed by atoms with E-state index in [9.17, 15) is 4.79 Å². The van der Waals surface area contributed by atoms with Gasteiger partial charge in [-0.15, -0.1) is 0 Å². The highest BCUT2D eigenvalue weighted by Gasteiger charge is 2.15. The molecule has 1 aliphatic heterocycles. The van der Waals surface area contributed by atoms with Crippen LogP contribution in [0, 0.1) is 5.92 Å². The number of likely N-dealkylation sites (tertiary alicyclic amines) is 1. The number of piperidine rings is 1. The summed E-state index contributed by atoms with van der Waals surface area (Å²) in [6.45, 7) is 4.18. The average molecular weight is 276 g/mol. The van der Waals surface area contributed by atoms with Crippen LogP contribution in [0.15, 0.2) is 24.3 Å². The summed E-state index contributed by atoms with van der Waals surface area (Å²) in [5, 5.41) is 12.4. The number of rotatable bonds is 6. The third kappa shape index (κ3) is 4.62. The molecule has 4 nitrogen and oxygen atoms in total. The SMILES string of the molecule is CN1CCC(CCNCc2cccc(C(=O)O)c2)CC1. The smallest absolute Gasteiger partial charge is 0.335 e. The van der Waals surface area contributed by atoms with Crippen LogP contribution in [0.3, 0.4) is 0 Å². The zero-order valence-electron chi connectivity index (χ0n) is 12.1. The maximum absolute atomic E-state index is 10.9. The van der Waals surface area contributed by atoms with E-state index in [1.807, 2.05) is 6.07 Å². The maximum Gasteiger partial charge on any atom is 0.335 e. The quantitative estimate of drug-likeness (QED) is 0.782. The largest absolute Gasteiger partial charge is 0.478 e. The lowest BCUT2D eigenvalue weighted by molar-refractivity contribution is 0.0696. The van der Waals surface area contributed by atoms with Gasteiger partial charge < -0.3 is 15.3 Å². The molecule has 0 saturated carbocycles. The van der Waals surface area contributed by atoms with Gasteiger partial charge >= 0.3 is 5.97 Å². The van der Waals surface area contributed by atoms with E-state index in [1.165, 1.54) is 32.4 Å². The van der Waals surface area contributed by atoms with Gasteiger partial charge in [0.25, 0.3) is 0 Å². The van der Waals surface area contributed by atoms with Crippen molar-refractivity contribution in [1.82, 2.24) is 10.2 Å². The molecule has 0 spiro atoms. The summed E-state index contributed by atoms with van der Waals surface area (Å²) in [4.78, 5) is 13.3. The van der Waals surface area contributed by atoms with E-state index in [2.05, 4.69) is 17.3 Å². The molecule has 0 aromatic heterocycles. The van der Waals surface area contributed by atoms with Crippen molar-refractivity contribution in [2.24, 2.45) is 5.92 Å². The van der Waals surface area contributed by atoms with Gasteiger partial charge in [0.15, 0.2) is 0 Å². The molecule has 1 aromatic rings. The zero-order valence-corrected chi connectivity index (χ0v) is 12.1. The Balaban J connectivity index is 1.68. The van der Waals surface area contributed by atoms with Crippen LogP contribution in [0.1, 0.15) is 35.2 Å². The van der Waals surface area contributed by atoms with Gasteiger partial charge in [-0.05, 0) is 69.6 Å². The van der Waals surface area contributed by atoms with Gasteiger partial charge in [-0.1, -0.05) is 12.1 Å². The molecule has 1 saturated heterocycles. The highest BCUT2D eigenvalue weighted by Crippen LogP contribution is 2.18. The number of carbonyl (C=O) groups is 1. The molecule has 0 aliphatic carbocycles. The molecule has 1 aliphatic rings. The first kappa shape index (κ1) is 15.0. The van der Waals surface area contributed by atoms with Crippen LogP contribution in [-0.2, 0) is 6.54 Å². The van der Waals surface area contributed by atoms with E-state index in [4.69, 9.17) is 5.11 Å². The summed E-state index contributed by atoms with van der Waals surface area (Å²) in [5.74, 6) is -0.0257. The van der Waals surface area contributed by atoms with E-state index >= 15 is 0 Å². The van der Waals surface area contributed by atoms with Crippen LogP contribution in [0.4, 0.5) is 0 Å². The van der Waals surface area contributed by atoms with Gasteiger partial charge in [-0.25, -0.2) is 4.79 Å². The van der Waals surface area contributed by atoms with Crippen molar-refractivity contribution in [1.29, 1.82) is 0 Å². The number of nitrogens with zero attached hydrogens (tertiary/aromatic N) is 1. The lowest BCUT2D eigenvalue weighted by atomic mass is 9.94. The van der Waals surface area contributed by atoms with E-state index in [0.717, 1.165) is 24.6 Å². The molecular weight excluding hydrogens is 252 g/mol. The molecule has 1 fully saturated rings. The van der Waals surface area contributed by atoms with Crippen molar-refractivity contribution in [3.63, 3.8) is 0 Å². The van der Waals surface area contributed by atoms with E-state index in [0.29, 0.717) is 5.56 Å². The third-order valence-corrected chi connectivity index (χ3v) is 4.07. The molecule has 2 N–H and O–H groups in total. The Labute approximate surface area is 120 Å². The van der Waals surface area contributed by atoms with Crippen LogP contribution in [0.5, 0.6) is 0 Å². The number of hydrogen-bond donors (Lipinski definition) is 2. The van der Waals surface area contributed by atoms with E-state index in [1.54, 1.807) is 18.2 Å². The fourth-order valence-corrected chi connectivity index (χ4v) is 2.70. The van der Waals surface area contributed by atoms with Gasteiger partial charge in [0.05, 0.1) is 5.56 Å². The van der Waals surface area contributed by atoms with E-state index in [-0.39, 0.29) is 0 Å². The lowest BCUT2D eigenvalue weighted by Gasteiger charge is -2.28. The van der Waals surface area contributed by atoms with Crippen molar-refractivity contribution in [2.45, 2.75) is 25.8 Å². The minimum absolute atomic E-state index is 0.361. The Morgan fingerprint density at radius 3 is 2.85 bits per heavy atom. The second-order valence-electron chi connectivity index (χ2n) is 5.72. The normalized spacial score (nSPS) is 17.2. The Bertz CT molecular complexity index is 440. The van der Waals surface area contributed by atoms with Gasteiger partial charge in [0.2, 0.25) is 0 Å². The van der Waals surface area contributed by atoms with Crippen molar-refractivity contribution in [2.75, 3.05) is 26.7 Å². The molecule has 0 atom stereocenters. The van der Waals surface area contributed by atoms with Crippen LogP contribution >= 0.6 is 0 Å². The minimum atomic E-state index is -0.863. The van der Waals surface area contributed by atoms with Crippen molar-refractivity contribution >= 4 is 5.97 Å². The summed E-state index contributed by atoms with van der Waals surface area (Å²) >= 11 is 0. The summed E-state index contributed by atoms with van der Waals surface area (Å²) < 4.78 is 0. The van der Waals surface area contributed by atoms with Crippen molar-refractivity contribution < 1.29 is 9.90 Å². The lowest BCUT2D eigenvalue weighted by Crippen LogP contribution is -2.31. The highest BCUT2D eigenvalue weighted by atomic mass is 16.4. The molecule has 2 rings (SSSR count). The van der Waals surface area contributed by atoms with Gasteiger partial charge in [0.1, 0.15) is 0 Å². The predicted octanol–water partition coefficient (Wildman–Crippen LogP) is 2.21. The number of carboxylic acids is 1. The minimum Gasteiger partial charge on any atom is -0.478 e. The number of nitrogens with one attached hydrogen (secondary N) is 1. The summed E-state index contributed by atoms with van der Waals surface area (Å²) in [7, 11) is 2.18. The van der Waals surface area contributed by atoms with Crippen molar-refractivity contribution in [3.8, 4) is 0 Å². The third-order valence-electron chi connectivity index (χ3n) is 4.07. The molecule has 0 unspecified atom stereocenters. The molecular formula is C16H24N2O2. The summed E-state index contributed by atoms with van der Waals surface area (Å²) in [6.07, 6.45) is 3.81. The van der Waals surface area contributed by atoms with Gasteiger partial charge in [-0.3, -0.25) is 0 Å². The summed E-state index contributed by atoms with van der Waals surface area (Å²) in [6, 6.07) is 7.14. The molecule has 0 radical (unpaired) electrons. The highest BCUT2D eigenvalue weighted by molar-refractivity contribution is 5.87. The first-order valence-electron chi connectivity index (χ1n) is 7.36. The van der Waals surface area contributed by atoms with E-state index < -0.39 is 5.97 Å². The molecule has 110 valence electrons. The first-order valence-corrected chi connectivity index (χ1v) is 7.36. The topological polar surface area (TPSA) is 52.6 Å². The monoisotopic (exact) mass is 276 g/mol. The van der Waals surface area contributed by atoms with Gasteiger partial charge in [0, 0.05) is 6.54 Å². The number of carboxylic acid groups (broad SMARTS) is 1. The molecule has 1 aromatic carbocycles. The first-order chi connectivity index (χ1) is 9.65. The molecule has 0 bridgehead atoms. The second kappa shape index (κ2) is 7.41. The van der Waals surface area contributed by atoms with Crippen LogP contribution in [0.2, 0.25) is 0 Å². The molecule has 0 amide bonds. The van der Waals surface area contributed by atoms with Gasteiger partial charge in [-0.2, -0.15) is 0 Å². The predicted molar refractivity (Wildman–Crippen MR) is 79.9 cm³/mol. The number of benzene rings is 1. The fraction of sp³-hybridized carbons (Fsp3) is 0.562. The summed E-state index contributed by atoms with van der Waals surface area (Å²) in [5.41, 5.74) is 1.40. The Morgan fingerprint density at radius 1 is 1.40 bits per heavy atom. The second-order valence-corrected chi connectivity index (χ2v) is 5.72. The zero-order chi connectivity index (χ0) is 14.4. The van der Waals surface area contributed by atoms with Crippen LogP contribution < -0.4 is 5.32 Å². The number of hydrogen-bond acceptors (Lipinski definition) is 3. The van der Waals surface area contributed by atoms with Crippen LogP contribution in [-0.4, -0.2) is 42.7 Å². The van der Waals surface area contributed by atoms with Crippen LogP contribution in [0.25, 0.3) is 0 Å². The fourth-order valence-electron chi connectivity index (χ4n) is 2.70. The van der Waals surface area contributed by atoms with Crippen molar-refractivity contribution in [3.05, 3.63) is 35.4 Å². The molecule has 1 heterocycles. The Kier molecular flexibility index (Phi) is 5.56. The standard InChI is InChI=1S/C16H24N2O2/c1-18-9-6-13(7-10-18)5-8-17-12-14-3-2-4-15(11-14)16(19)20/h2-4,11,13,17H,5-10,12H2,1H3,(H,19,20). The molecule has 4 heteroatoms. The number of aromatic carboxylic acids is 1. The molecule has 20 heavy (non-hydrogen) atoms. The Hall–Kier alpha value is -1.39. The maximum atomic E-state index is 10.9. The average Bonchev–Trinajstić information content (AvgIpc) is 2.46.